The first kappa shape index (κ1) is 25.3. The molecular weight excluding hydrogens is 422 g/mol. The van der Waals surface area contributed by atoms with Gasteiger partial charge in [0.15, 0.2) is 0 Å². The summed E-state index contributed by atoms with van der Waals surface area (Å²) in [5.41, 5.74) is 6.25. The van der Waals surface area contributed by atoms with E-state index in [4.69, 9.17) is 0 Å². The molecule has 0 aromatic heterocycles. The highest BCUT2D eigenvalue weighted by Crippen LogP contribution is 2.25. The number of hydrogen-bond donors (Lipinski definition) is 3. The van der Waals surface area contributed by atoms with Gasteiger partial charge in [0.25, 0.3) is 0 Å². The second-order valence-electron chi connectivity index (χ2n) is 7.91. The van der Waals surface area contributed by atoms with Crippen molar-refractivity contribution < 1.29 is 15.0 Å². The Hall–Kier alpha value is -2.92. The summed E-state index contributed by atoms with van der Waals surface area (Å²) in [6, 6.07) is 23.4. The summed E-state index contributed by atoms with van der Waals surface area (Å²) in [6.07, 6.45) is 2.26. The Labute approximate surface area is 196 Å². The smallest absolute Gasteiger partial charge is 0.336 e. The van der Waals surface area contributed by atoms with Gasteiger partial charge in [0, 0.05) is 6.54 Å². The Morgan fingerprint density at radius 1 is 0.969 bits per heavy atom. The van der Waals surface area contributed by atoms with E-state index >= 15 is 0 Å². The van der Waals surface area contributed by atoms with E-state index in [9.17, 15) is 15.0 Å². The zero-order chi connectivity index (χ0) is 22.2. The SMILES string of the molecule is CC(C)=Cc1cc(-c2ccc(CCNC[C@H](O)c3ccccc3)cc2)ccc1C(=O)O.Cl. The molecule has 0 saturated carbocycles. The lowest BCUT2D eigenvalue weighted by atomic mass is 9.97. The van der Waals surface area contributed by atoms with Gasteiger partial charge in [-0.25, -0.2) is 4.79 Å². The van der Waals surface area contributed by atoms with Crippen LogP contribution < -0.4 is 5.32 Å². The minimum Gasteiger partial charge on any atom is -0.478 e. The number of carboxylic acid groups (broad SMARTS) is 1. The van der Waals surface area contributed by atoms with Gasteiger partial charge in [-0.05, 0) is 66.8 Å². The van der Waals surface area contributed by atoms with E-state index in [-0.39, 0.29) is 12.4 Å². The molecule has 0 radical (unpaired) electrons. The number of aliphatic hydroxyl groups excluding tert-OH is 1. The monoisotopic (exact) mass is 451 g/mol. The molecular formula is C27H30ClNO3. The molecule has 0 unspecified atom stereocenters. The van der Waals surface area contributed by atoms with Crippen LogP contribution in [0.1, 0.15) is 47.0 Å². The zero-order valence-corrected chi connectivity index (χ0v) is 19.2. The van der Waals surface area contributed by atoms with Crippen molar-refractivity contribution in [2.75, 3.05) is 13.1 Å². The van der Waals surface area contributed by atoms with E-state index < -0.39 is 12.1 Å². The molecule has 0 aliphatic heterocycles. The fourth-order valence-corrected chi connectivity index (χ4v) is 3.50. The second kappa shape index (κ2) is 12.2. The van der Waals surface area contributed by atoms with Crippen molar-refractivity contribution in [2.45, 2.75) is 26.4 Å². The van der Waals surface area contributed by atoms with E-state index in [0.29, 0.717) is 12.1 Å². The van der Waals surface area contributed by atoms with Crippen LogP contribution in [0.3, 0.4) is 0 Å². The van der Waals surface area contributed by atoms with E-state index in [1.54, 1.807) is 6.07 Å². The number of allylic oxidation sites excluding steroid dienone is 1. The van der Waals surface area contributed by atoms with Crippen LogP contribution in [0.25, 0.3) is 17.2 Å². The van der Waals surface area contributed by atoms with Crippen molar-refractivity contribution in [3.8, 4) is 11.1 Å². The highest BCUT2D eigenvalue weighted by Gasteiger charge is 2.10. The summed E-state index contributed by atoms with van der Waals surface area (Å²) >= 11 is 0. The van der Waals surface area contributed by atoms with Gasteiger partial charge < -0.3 is 15.5 Å². The quantitative estimate of drug-likeness (QED) is 0.361. The molecule has 4 nitrogen and oxygen atoms in total. The highest BCUT2D eigenvalue weighted by molar-refractivity contribution is 5.93. The number of hydrogen-bond acceptors (Lipinski definition) is 3. The molecule has 0 heterocycles. The van der Waals surface area contributed by atoms with Gasteiger partial charge in [-0.15, -0.1) is 12.4 Å². The predicted molar refractivity (Wildman–Crippen MR) is 133 cm³/mol. The third kappa shape index (κ3) is 7.06. The van der Waals surface area contributed by atoms with Crippen LogP contribution in [0.15, 0.2) is 78.4 Å². The number of aromatic carboxylic acids is 1. The molecule has 0 aliphatic carbocycles. The van der Waals surface area contributed by atoms with E-state index in [1.807, 2.05) is 62.4 Å². The minimum absolute atomic E-state index is 0. The molecule has 0 bridgehead atoms. The Balaban J connectivity index is 0.00000363. The number of carbonyl (C=O) groups is 1. The van der Waals surface area contributed by atoms with Gasteiger partial charge in [-0.3, -0.25) is 0 Å². The lowest BCUT2D eigenvalue weighted by Crippen LogP contribution is -2.23. The molecule has 0 amide bonds. The lowest BCUT2D eigenvalue weighted by molar-refractivity contribution is 0.0696. The third-order valence-corrected chi connectivity index (χ3v) is 5.13. The van der Waals surface area contributed by atoms with Crippen molar-refractivity contribution >= 4 is 24.5 Å². The number of nitrogens with one attached hydrogen (secondary N) is 1. The summed E-state index contributed by atoms with van der Waals surface area (Å²) in [7, 11) is 0. The van der Waals surface area contributed by atoms with Gasteiger partial charge in [-0.2, -0.15) is 0 Å². The molecule has 0 fully saturated rings. The molecule has 3 aromatic carbocycles. The first-order valence-corrected chi connectivity index (χ1v) is 10.5. The number of aliphatic hydroxyl groups is 1. The topological polar surface area (TPSA) is 69.6 Å². The van der Waals surface area contributed by atoms with Crippen LogP contribution in [0, 0.1) is 0 Å². The fourth-order valence-electron chi connectivity index (χ4n) is 3.50. The summed E-state index contributed by atoms with van der Waals surface area (Å²) in [4.78, 5) is 11.5. The van der Waals surface area contributed by atoms with E-state index in [1.165, 1.54) is 5.56 Å². The van der Waals surface area contributed by atoms with Gasteiger partial charge >= 0.3 is 5.97 Å². The van der Waals surface area contributed by atoms with Crippen LogP contribution in [0.4, 0.5) is 0 Å². The number of rotatable bonds is 9. The molecule has 3 rings (SSSR count). The number of halogens is 1. The minimum atomic E-state index is -0.917. The third-order valence-electron chi connectivity index (χ3n) is 5.13. The van der Waals surface area contributed by atoms with Crippen LogP contribution in [-0.4, -0.2) is 29.3 Å². The van der Waals surface area contributed by atoms with Gasteiger partial charge in [0.05, 0.1) is 11.7 Å². The standard InChI is InChI=1S/C27H29NO3.ClH/c1-19(2)16-24-17-23(12-13-25(24)27(30)31)21-10-8-20(9-11-21)14-15-28-18-26(29)22-6-4-3-5-7-22;/h3-13,16-17,26,28-29H,14-15,18H2,1-2H3,(H,30,31);1H/t26-;/m0./s1. The maximum absolute atomic E-state index is 11.5. The summed E-state index contributed by atoms with van der Waals surface area (Å²) in [6.45, 7) is 5.21. The second-order valence-corrected chi connectivity index (χ2v) is 7.91. The average Bonchev–Trinajstić information content (AvgIpc) is 2.77. The van der Waals surface area contributed by atoms with Crippen LogP contribution >= 0.6 is 12.4 Å². The van der Waals surface area contributed by atoms with Crippen LogP contribution in [-0.2, 0) is 6.42 Å². The average molecular weight is 452 g/mol. The van der Waals surface area contributed by atoms with Crippen molar-refractivity contribution in [3.05, 3.63) is 101 Å². The van der Waals surface area contributed by atoms with E-state index in [0.717, 1.165) is 40.8 Å². The highest BCUT2D eigenvalue weighted by atomic mass is 35.5. The van der Waals surface area contributed by atoms with Crippen molar-refractivity contribution in [1.29, 1.82) is 0 Å². The molecule has 1 atom stereocenters. The summed E-state index contributed by atoms with van der Waals surface area (Å²) in [5.74, 6) is -0.917. The number of carboxylic acids is 1. The van der Waals surface area contributed by atoms with Crippen LogP contribution in [0.2, 0.25) is 0 Å². The molecule has 3 aromatic rings. The zero-order valence-electron chi connectivity index (χ0n) is 18.4. The molecule has 32 heavy (non-hydrogen) atoms. The van der Waals surface area contributed by atoms with Gasteiger partial charge in [0.1, 0.15) is 0 Å². The number of benzene rings is 3. The largest absolute Gasteiger partial charge is 0.478 e. The molecule has 168 valence electrons. The van der Waals surface area contributed by atoms with Gasteiger partial charge in [0.2, 0.25) is 0 Å². The van der Waals surface area contributed by atoms with Crippen molar-refractivity contribution in [1.82, 2.24) is 5.32 Å². The summed E-state index contributed by atoms with van der Waals surface area (Å²) < 4.78 is 0. The molecule has 5 heteroatoms. The maximum atomic E-state index is 11.5. The first-order valence-electron chi connectivity index (χ1n) is 10.5. The van der Waals surface area contributed by atoms with Gasteiger partial charge in [-0.1, -0.05) is 72.3 Å². The normalized spacial score (nSPS) is 11.3. The Morgan fingerprint density at radius 3 is 2.25 bits per heavy atom. The van der Waals surface area contributed by atoms with Crippen molar-refractivity contribution in [3.63, 3.8) is 0 Å². The maximum Gasteiger partial charge on any atom is 0.336 e. The molecule has 0 spiro atoms. The van der Waals surface area contributed by atoms with Crippen molar-refractivity contribution in [2.24, 2.45) is 0 Å². The fraction of sp³-hybridized carbons (Fsp3) is 0.222. The first-order chi connectivity index (χ1) is 14.9. The van der Waals surface area contributed by atoms with Crippen LogP contribution in [0.5, 0.6) is 0 Å². The molecule has 0 aliphatic rings. The lowest BCUT2D eigenvalue weighted by Gasteiger charge is -2.12. The molecule has 0 saturated heterocycles. The Kier molecular flexibility index (Phi) is 9.66. The molecule has 3 N–H and O–H groups in total. The predicted octanol–water partition coefficient (Wildman–Crippen LogP) is 5.76. The Bertz CT molecular complexity index is 1040. The van der Waals surface area contributed by atoms with E-state index in [2.05, 4.69) is 29.6 Å². The Morgan fingerprint density at radius 2 is 1.62 bits per heavy atom. The summed E-state index contributed by atoms with van der Waals surface area (Å²) in [5, 5.41) is 22.9.